The molecule has 2 fully saturated rings. The molecular weight excluding hydrogens is 327 g/mol. The zero-order valence-electron chi connectivity index (χ0n) is 10.9. The van der Waals surface area contributed by atoms with Gasteiger partial charge in [0.2, 0.25) is 0 Å². The lowest BCUT2D eigenvalue weighted by molar-refractivity contribution is -0.134. The Morgan fingerprint density at radius 1 is 1.48 bits per heavy atom. The second-order valence-corrected chi connectivity index (χ2v) is 6.34. The van der Waals surface area contributed by atoms with Crippen LogP contribution in [0.5, 0.6) is 0 Å². The zero-order chi connectivity index (χ0) is 14.5. The largest absolute Gasteiger partial charge is 0.427 e. The van der Waals surface area contributed by atoms with Gasteiger partial charge in [-0.15, -0.1) is 23.7 Å². The summed E-state index contributed by atoms with van der Waals surface area (Å²) in [6.45, 7) is 0. The first kappa shape index (κ1) is 16.5. The highest BCUT2D eigenvalue weighted by atomic mass is 35.5. The number of halogens is 4. The highest BCUT2D eigenvalue weighted by molar-refractivity contribution is 7.10. The van der Waals surface area contributed by atoms with Gasteiger partial charge in [-0.3, -0.25) is 4.79 Å². The molecule has 0 bridgehead atoms. The van der Waals surface area contributed by atoms with E-state index in [0.717, 1.165) is 24.8 Å². The van der Waals surface area contributed by atoms with Crippen molar-refractivity contribution < 1.29 is 18.0 Å². The quantitative estimate of drug-likeness (QED) is 0.868. The number of hydrogen-bond donors (Lipinski definition) is 2. The molecule has 2 unspecified atom stereocenters. The van der Waals surface area contributed by atoms with Crippen LogP contribution in [0.2, 0.25) is 0 Å². The molecule has 3 rings (SSSR count). The molecule has 2 aliphatic carbocycles. The van der Waals surface area contributed by atoms with Crippen LogP contribution in [0.4, 0.5) is 13.2 Å². The third kappa shape index (κ3) is 2.53. The Labute approximate surface area is 129 Å². The summed E-state index contributed by atoms with van der Waals surface area (Å²) in [5.74, 6) is -0.748. The van der Waals surface area contributed by atoms with Crippen molar-refractivity contribution in [1.82, 2.24) is 10.3 Å². The van der Waals surface area contributed by atoms with E-state index in [1.165, 1.54) is 0 Å². The number of carbonyl (C=O) groups excluding carboxylic acids is 1. The summed E-state index contributed by atoms with van der Waals surface area (Å²) >= 11 is 0.436. The molecule has 0 radical (unpaired) electrons. The number of amides is 1. The molecule has 1 aromatic rings. The fourth-order valence-corrected chi connectivity index (χ4v) is 3.82. The first-order valence-electron chi connectivity index (χ1n) is 6.42. The van der Waals surface area contributed by atoms with Crippen LogP contribution in [-0.4, -0.2) is 23.0 Å². The lowest BCUT2D eigenvalue weighted by Gasteiger charge is -2.60. The Hall–Kier alpha value is -0.860. The molecular formula is C12H15ClF3N3OS. The number of aromatic nitrogens is 1. The van der Waals surface area contributed by atoms with Crippen LogP contribution in [0, 0.1) is 5.41 Å². The number of thiazole rings is 1. The van der Waals surface area contributed by atoms with E-state index in [1.54, 1.807) is 0 Å². The SMILES string of the molecule is Cl.NC1CC(NC(=O)c2ncsc2C(F)(F)F)C12CCC2. The van der Waals surface area contributed by atoms with Crippen LogP contribution in [0.1, 0.15) is 41.0 Å². The predicted molar refractivity (Wildman–Crippen MR) is 74.5 cm³/mol. The van der Waals surface area contributed by atoms with E-state index in [0.29, 0.717) is 17.8 Å². The summed E-state index contributed by atoms with van der Waals surface area (Å²) in [6.07, 6.45) is -0.996. The molecule has 0 saturated heterocycles. The highest BCUT2D eigenvalue weighted by Crippen LogP contribution is 2.55. The van der Waals surface area contributed by atoms with Crippen LogP contribution in [0.3, 0.4) is 0 Å². The Morgan fingerprint density at radius 3 is 2.62 bits per heavy atom. The summed E-state index contributed by atoms with van der Waals surface area (Å²) in [5.41, 5.74) is 6.38. The maximum Gasteiger partial charge on any atom is 0.427 e. The van der Waals surface area contributed by atoms with Crippen LogP contribution in [0.15, 0.2) is 5.51 Å². The van der Waals surface area contributed by atoms with E-state index in [-0.39, 0.29) is 29.9 Å². The van der Waals surface area contributed by atoms with E-state index in [4.69, 9.17) is 5.73 Å². The van der Waals surface area contributed by atoms with Gasteiger partial charge in [0.15, 0.2) is 5.69 Å². The van der Waals surface area contributed by atoms with Gasteiger partial charge in [-0.05, 0) is 19.3 Å². The average molecular weight is 342 g/mol. The topological polar surface area (TPSA) is 68.0 Å². The average Bonchev–Trinajstić information content (AvgIpc) is 2.73. The molecule has 2 atom stereocenters. The van der Waals surface area contributed by atoms with Crippen molar-refractivity contribution >= 4 is 29.7 Å². The molecule has 1 amide bonds. The summed E-state index contributed by atoms with van der Waals surface area (Å²) in [4.78, 5) is 14.6. The number of nitrogens with two attached hydrogens (primary N) is 1. The van der Waals surface area contributed by atoms with Crippen molar-refractivity contribution in [2.75, 3.05) is 0 Å². The van der Waals surface area contributed by atoms with Crippen molar-refractivity contribution in [3.05, 3.63) is 16.1 Å². The van der Waals surface area contributed by atoms with Gasteiger partial charge >= 0.3 is 6.18 Å². The predicted octanol–water partition coefficient (Wildman–Crippen LogP) is 2.58. The Kier molecular flexibility index (Phi) is 4.25. The molecule has 1 heterocycles. The van der Waals surface area contributed by atoms with Crippen molar-refractivity contribution in [1.29, 1.82) is 0 Å². The minimum atomic E-state index is -4.54. The van der Waals surface area contributed by atoms with Gasteiger partial charge in [0.1, 0.15) is 4.88 Å². The number of nitrogens with zero attached hydrogens (tertiary/aromatic N) is 1. The number of nitrogens with one attached hydrogen (secondary N) is 1. The molecule has 2 aliphatic rings. The lowest BCUT2D eigenvalue weighted by atomic mass is 9.50. The molecule has 9 heteroatoms. The molecule has 2 saturated carbocycles. The van der Waals surface area contributed by atoms with Crippen LogP contribution in [-0.2, 0) is 6.18 Å². The number of alkyl halides is 3. The molecule has 21 heavy (non-hydrogen) atoms. The fourth-order valence-electron chi connectivity index (χ4n) is 3.16. The number of rotatable bonds is 2. The minimum Gasteiger partial charge on any atom is -0.347 e. The lowest BCUT2D eigenvalue weighted by Crippen LogP contribution is -2.69. The van der Waals surface area contributed by atoms with Gasteiger partial charge in [-0.1, -0.05) is 6.42 Å². The molecule has 118 valence electrons. The maximum atomic E-state index is 12.7. The Bertz CT molecular complexity index is 544. The zero-order valence-corrected chi connectivity index (χ0v) is 12.6. The number of carbonyl (C=O) groups is 1. The smallest absolute Gasteiger partial charge is 0.347 e. The molecule has 0 aromatic carbocycles. The van der Waals surface area contributed by atoms with Crippen molar-refractivity contribution in [3.8, 4) is 0 Å². The molecule has 1 aromatic heterocycles. The highest BCUT2D eigenvalue weighted by Gasteiger charge is 2.57. The Morgan fingerprint density at radius 2 is 2.14 bits per heavy atom. The van der Waals surface area contributed by atoms with E-state index in [9.17, 15) is 18.0 Å². The standard InChI is InChI=1S/C12H14F3N3OS.ClH/c13-12(14,15)9-8(17-5-20-9)10(19)18-7-4-6(16)11(7)2-1-3-11;/h5-7H,1-4,16H2,(H,18,19);1H. The first-order valence-corrected chi connectivity index (χ1v) is 7.30. The third-order valence-corrected chi connectivity index (χ3v) is 5.42. The summed E-state index contributed by atoms with van der Waals surface area (Å²) < 4.78 is 38.2. The molecule has 0 aliphatic heterocycles. The summed E-state index contributed by atoms with van der Waals surface area (Å²) in [7, 11) is 0. The fraction of sp³-hybridized carbons (Fsp3) is 0.667. The van der Waals surface area contributed by atoms with Crippen LogP contribution < -0.4 is 11.1 Å². The van der Waals surface area contributed by atoms with Crippen molar-refractivity contribution in [3.63, 3.8) is 0 Å². The molecule has 1 spiro atoms. The van der Waals surface area contributed by atoms with Gasteiger partial charge in [-0.25, -0.2) is 4.98 Å². The van der Waals surface area contributed by atoms with E-state index in [2.05, 4.69) is 10.3 Å². The third-order valence-electron chi connectivity index (χ3n) is 4.55. The molecule has 3 N–H and O–H groups in total. The van der Waals surface area contributed by atoms with Gasteiger partial charge in [0.25, 0.3) is 5.91 Å². The van der Waals surface area contributed by atoms with Gasteiger partial charge < -0.3 is 11.1 Å². The van der Waals surface area contributed by atoms with Crippen molar-refractivity contribution in [2.45, 2.75) is 43.9 Å². The Balaban J connectivity index is 0.00000161. The maximum absolute atomic E-state index is 12.7. The molecule has 4 nitrogen and oxygen atoms in total. The first-order chi connectivity index (χ1) is 9.34. The van der Waals surface area contributed by atoms with Crippen LogP contribution >= 0.6 is 23.7 Å². The summed E-state index contributed by atoms with van der Waals surface area (Å²) in [5, 5.41) is 2.68. The van der Waals surface area contributed by atoms with Gasteiger partial charge in [0.05, 0.1) is 5.51 Å². The van der Waals surface area contributed by atoms with Gasteiger partial charge in [-0.2, -0.15) is 13.2 Å². The monoisotopic (exact) mass is 341 g/mol. The second-order valence-electron chi connectivity index (χ2n) is 5.48. The number of hydrogen-bond acceptors (Lipinski definition) is 4. The normalized spacial score (nSPS) is 26.5. The van der Waals surface area contributed by atoms with Crippen molar-refractivity contribution in [2.24, 2.45) is 11.1 Å². The van der Waals surface area contributed by atoms with E-state index in [1.807, 2.05) is 0 Å². The van der Waals surface area contributed by atoms with E-state index >= 15 is 0 Å². The second kappa shape index (κ2) is 5.40. The minimum absolute atomic E-state index is 0. The summed E-state index contributed by atoms with van der Waals surface area (Å²) in [6, 6.07) is -0.0828. The van der Waals surface area contributed by atoms with E-state index < -0.39 is 22.7 Å². The van der Waals surface area contributed by atoms with Crippen LogP contribution in [0.25, 0.3) is 0 Å². The van der Waals surface area contributed by atoms with Gasteiger partial charge in [0, 0.05) is 17.5 Å².